The Labute approximate surface area is 77.8 Å². The lowest BCUT2D eigenvalue weighted by molar-refractivity contribution is -0.176. The summed E-state index contributed by atoms with van der Waals surface area (Å²) in [5.74, 6) is -2.78. The van der Waals surface area contributed by atoms with Gasteiger partial charge in [0.15, 0.2) is 11.9 Å². The quantitative estimate of drug-likeness (QED) is 0.185. The molecule has 1 rings (SSSR count). The van der Waals surface area contributed by atoms with Crippen LogP contribution in [0, 0.1) is 0 Å². The second-order valence-corrected chi connectivity index (χ2v) is 2.31. The highest BCUT2D eigenvalue weighted by Gasteiger charge is 2.38. The van der Waals surface area contributed by atoms with Crippen LogP contribution in [0.5, 0.6) is 0 Å². The number of esters is 1. The van der Waals surface area contributed by atoms with Crippen molar-refractivity contribution in [1.29, 1.82) is 0 Å². The molecule has 6 N–H and O–H groups in total. The van der Waals surface area contributed by atoms with Gasteiger partial charge >= 0.3 is 5.97 Å². The van der Waals surface area contributed by atoms with Crippen LogP contribution >= 0.6 is 0 Å². The van der Waals surface area contributed by atoms with E-state index < -0.39 is 36.3 Å². The lowest BCUT2D eigenvalue weighted by Crippen LogP contribution is -2.31. The second-order valence-electron chi connectivity index (χ2n) is 2.31. The third-order valence-electron chi connectivity index (χ3n) is 1.48. The predicted molar refractivity (Wildman–Crippen MR) is 40.5 cm³/mol. The predicted octanol–water partition coefficient (Wildman–Crippen LogP) is -1.39. The molecule has 0 aromatic rings. The first-order valence-electron chi connectivity index (χ1n) is 3.40. The first kappa shape index (κ1) is 12.7. The number of cyclic esters (lactones) is 1. The van der Waals surface area contributed by atoms with Crippen molar-refractivity contribution in [3.63, 3.8) is 0 Å². The second kappa shape index (κ2) is 5.40. The highest BCUT2D eigenvalue weighted by molar-refractivity contribution is 5.89. The minimum Gasteiger partial charge on any atom is -0.505 e. The van der Waals surface area contributed by atoms with E-state index in [1.165, 1.54) is 0 Å². The van der Waals surface area contributed by atoms with Gasteiger partial charge in [0.25, 0.3) is 0 Å². The summed E-state index contributed by atoms with van der Waals surface area (Å²) in [6.07, 6.45) is -2.78. The average Bonchev–Trinajstić information content (AvgIpc) is 2.48. The number of carbonyl (C=O) groups excluding carboxylic acids is 1. The molecule has 2 atom stereocenters. The fraction of sp³-hybridized carbons (Fsp3) is 0.500. The van der Waals surface area contributed by atoms with Crippen LogP contribution in [0.1, 0.15) is 0 Å². The molecular weight excluding hydrogens is 200 g/mol. The molecule has 0 spiro atoms. The van der Waals surface area contributed by atoms with E-state index in [9.17, 15) is 4.79 Å². The van der Waals surface area contributed by atoms with Crippen LogP contribution in [-0.2, 0) is 9.53 Å². The first-order chi connectivity index (χ1) is 6.57. The van der Waals surface area contributed by atoms with Gasteiger partial charge in [0.2, 0.25) is 5.76 Å². The maximum Gasteiger partial charge on any atom is 0.377 e. The third kappa shape index (κ3) is 2.33. The summed E-state index contributed by atoms with van der Waals surface area (Å²) in [6.45, 7) is -0.671. The van der Waals surface area contributed by atoms with E-state index >= 15 is 0 Å². The number of aliphatic hydroxyl groups excluding tert-OH is 4. The standard InChI is InChI=1S/C6H8O6.H2O2/c7-1-2(8)5-3(9)4(10)6(11)12-5;1-2/h2,5,7-10H,1H2;1-2H/t2-,5+;/m0./s1. The monoisotopic (exact) mass is 210 g/mol. The van der Waals surface area contributed by atoms with Crippen molar-refractivity contribution in [3.05, 3.63) is 11.5 Å². The highest BCUT2D eigenvalue weighted by Crippen LogP contribution is 2.20. The molecule has 0 unspecified atom stereocenters. The van der Waals surface area contributed by atoms with Gasteiger partial charge in [-0.25, -0.2) is 4.79 Å². The van der Waals surface area contributed by atoms with Gasteiger partial charge in [-0.2, -0.15) is 0 Å². The zero-order chi connectivity index (χ0) is 11.3. The molecule has 0 fully saturated rings. The van der Waals surface area contributed by atoms with E-state index in [2.05, 4.69) is 4.74 Å². The molecule has 1 aliphatic heterocycles. The number of hydrogen-bond donors (Lipinski definition) is 6. The Hall–Kier alpha value is -1.35. The van der Waals surface area contributed by atoms with Crippen LogP contribution in [0.15, 0.2) is 11.5 Å². The van der Waals surface area contributed by atoms with Gasteiger partial charge in [0.1, 0.15) is 6.10 Å². The topological polar surface area (TPSA) is 148 Å². The molecule has 0 saturated carbocycles. The van der Waals surface area contributed by atoms with E-state index in [1.807, 2.05) is 0 Å². The molecule has 14 heavy (non-hydrogen) atoms. The average molecular weight is 210 g/mol. The van der Waals surface area contributed by atoms with Gasteiger partial charge in [-0.1, -0.05) is 0 Å². The molecule has 1 aliphatic rings. The van der Waals surface area contributed by atoms with Crippen molar-refractivity contribution < 1.29 is 40.5 Å². The van der Waals surface area contributed by atoms with Crippen molar-refractivity contribution >= 4 is 5.97 Å². The van der Waals surface area contributed by atoms with Crippen molar-refractivity contribution in [1.82, 2.24) is 0 Å². The summed E-state index contributed by atoms with van der Waals surface area (Å²) in [5.41, 5.74) is 0. The van der Waals surface area contributed by atoms with Crippen LogP contribution in [0.4, 0.5) is 0 Å². The minimum absolute atomic E-state index is 0.671. The van der Waals surface area contributed by atoms with E-state index in [0.717, 1.165) is 0 Å². The lowest BCUT2D eigenvalue weighted by Gasteiger charge is -2.13. The summed E-state index contributed by atoms with van der Waals surface area (Å²) in [6, 6.07) is 0. The SMILES string of the molecule is O=C1O[C@H]([C@@H](O)CO)C(O)=C1O.OO. The van der Waals surface area contributed by atoms with Crippen LogP contribution in [0.3, 0.4) is 0 Å². The van der Waals surface area contributed by atoms with Gasteiger partial charge in [-0.15, -0.1) is 0 Å². The molecule has 0 saturated heterocycles. The Morgan fingerprint density at radius 1 is 1.36 bits per heavy atom. The molecule has 1 heterocycles. The maximum absolute atomic E-state index is 10.5. The zero-order valence-corrected chi connectivity index (χ0v) is 6.86. The number of ether oxygens (including phenoxy) is 1. The number of hydrogen-bond acceptors (Lipinski definition) is 8. The molecule has 8 heteroatoms. The summed E-state index contributed by atoms with van der Waals surface area (Å²) in [5, 5.41) is 47.0. The van der Waals surface area contributed by atoms with Gasteiger partial charge in [-0.05, 0) is 0 Å². The van der Waals surface area contributed by atoms with Crippen LogP contribution in [0.2, 0.25) is 0 Å². The normalized spacial score (nSPS) is 22.6. The van der Waals surface area contributed by atoms with Gasteiger partial charge in [-0.3, -0.25) is 10.5 Å². The molecule has 0 radical (unpaired) electrons. The van der Waals surface area contributed by atoms with E-state index in [4.69, 9.17) is 30.9 Å². The smallest absolute Gasteiger partial charge is 0.377 e. The molecular formula is C6H10O8. The minimum atomic E-state index is -1.42. The van der Waals surface area contributed by atoms with E-state index in [0.29, 0.717) is 0 Å². The van der Waals surface area contributed by atoms with Crippen molar-refractivity contribution in [2.75, 3.05) is 6.61 Å². The molecule has 0 aliphatic carbocycles. The zero-order valence-electron chi connectivity index (χ0n) is 6.86. The fourth-order valence-electron chi connectivity index (χ4n) is 0.823. The first-order valence-corrected chi connectivity index (χ1v) is 3.40. The summed E-state index contributed by atoms with van der Waals surface area (Å²) in [7, 11) is 0. The Kier molecular flexibility index (Phi) is 4.87. The van der Waals surface area contributed by atoms with Gasteiger partial charge in [0.05, 0.1) is 6.61 Å². The highest BCUT2D eigenvalue weighted by atomic mass is 17.0. The summed E-state index contributed by atoms with van der Waals surface area (Å²) < 4.78 is 4.32. The molecule has 0 aromatic heterocycles. The van der Waals surface area contributed by atoms with Gasteiger partial charge < -0.3 is 25.2 Å². The van der Waals surface area contributed by atoms with Crippen LogP contribution in [-0.4, -0.2) is 55.7 Å². The summed E-state index contributed by atoms with van der Waals surface area (Å²) in [4.78, 5) is 10.5. The van der Waals surface area contributed by atoms with E-state index in [1.54, 1.807) is 0 Å². The molecule has 0 amide bonds. The molecule has 82 valence electrons. The fourth-order valence-corrected chi connectivity index (χ4v) is 0.823. The molecule has 0 bridgehead atoms. The Balaban J connectivity index is 0.000000791. The Bertz CT molecular complexity index is 234. The van der Waals surface area contributed by atoms with Crippen molar-refractivity contribution in [2.45, 2.75) is 12.2 Å². The summed E-state index contributed by atoms with van der Waals surface area (Å²) >= 11 is 0. The van der Waals surface area contributed by atoms with E-state index in [-0.39, 0.29) is 0 Å². The van der Waals surface area contributed by atoms with Crippen molar-refractivity contribution in [2.24, 2.45) is 0 Å². The third-order valence-corrected chi connectivity index (χ3v) is 1.48. The Morgan fingerprint density at radius 3 is 2.14 bits per heavy atom. The number of rotatable bonds is 2. The number of carbonyl (C=O) groups is 1. The van der Waals surface area contributed by atoms with Crippen LogP contribution < -0.4 is 0 Å². The largest absolute Gasteiger partial charge is 0.505 e. The molecule has 8 nitrogen and oxygen atoms in total. The van der Waals surface area contributed by atoms with Crippen molar-refractivity contribution in [3.8, 4) is 0 Å². The lowest BCUT2D eigenvalue weighted by atomic mass is 10.2. The molecule has 0 aromatic carbocycles. The number of aliphatic hydroxyl groups is 4. The van der Waals surface area contributed by atoms with Crippen LogP contribution in [0.25, 0.3) is 0 Å². The van der Waals surface area contributed by atoms with Gasteiger partial charge in [0, 0.05) is 0 Å². The maximum atomic E-state index is 10.5. The Morgan fingerprint density at radius 2 is 1.86 bits per heavy atom.